The summed E-state index contributed by atoms with van der Waals surface area (Å²) in [4.78, 5) is 22.9. The van der Waals surface area contributed by atoms with Crippen molar-refractivity contribution in [1.29, 1.82) is 0 Å². The van der Waals surface area contributed by atoms with Crippen LogP contribution in [-0.2, 0) is 27.9 Å². The Labute approximate surface area is 301 Å². The molecule has 0 aliphatic heterocycles. The highest BCUT2D eigenvalue weighted by molar-refractivity contribution is 7.47. The van der Waals surface area contributed by atoms with Gasteiger partial charge in [-0.1, -0.05) is 136 Å². The standard InChI is InChI=1S/C37H71O12P/c1-3-5-7-9-11-13-14-15-16-17-19-21-23-25-27-46-28-30(48-31(38)26-24-22-20-18-12-10-8-6-4-2)29-47-50(44,45)49-37-35(42)33(40)32(39)34(41)36(37)43/h25,27,30,32-37,39-43H,3-24,26,28-29H2,1-2H3,(H,44,45)/b27-25-/t30-,32?,33-,34?,35?,36?,37?/m1/s1. The van der Waals surface area contributed by atoms with E-state index in [1.807, 2.05) is 6.08 Å². The molecule has 0 aromatic heterocycles. The van der Waals surface area contributed by atoms with Gasteiger partial charge in [0.15, 0.2) is 6.10 Å². The van der Waals surface area contributed by atoms with Crippen molar-refractivity contribution in [3.05, 3.63) is 12.3 Å². The number of ether oxygens (including phenoxy) is 2. The van der Waals surface area contributed by atoms with Gasteiger partial charge in [0.05, 0.1) is 12.9 Å². The number of phosphoric acid groups is 1. The number of esters is 1. The van der Waals surface area contributed by atoms with Crippen LogP contribution in [0.2, 0.25) is 0 Å². The fraction of sp³-hybridized carbons (Fsp3) is 0.919. The number of carbonyl (C=O) groups is 1. The molecule has 1 rings (SSSR count). The van der Waals surface area contributed by atoms with E-state index in [9.17, 15) is 39.8 Å². The molecule has 13 heteroatoms. The van der Waals surface area contributed by atoms with Crippen molar-refractivity contribution in [2.45, 2.75) is 204 Å². The maximum atomic E-state index is 12.7. The summed E-state index contributed by atoms with van der Waals surface area (Å²) in [6.07, 6.45) is 16.7. The van der Waals surface area contributed by atoms with Gasteiger partial charge < -0.3 is 39.9 Å². The molecular weight excluding hydrogens is 667 g/mol. The van der Waals surface area contributed by atoms with Crippen LogP contribution in [0, 0.1) is 0 Å². The van der Waals surface area contributed by atoms with Crippen LogP contribution in [0.15, 0.2) is 12.3 Å². The number of aliphatic hydroxyl groups excluding tert-OH is 5. The SMILES string of the molecule is CCCCCCCCCCCCCC/C=C\OC[C@H](COP(=O)(O)OC1C(O)C(O)C(O)[C@@H](O)C1O)OC(=O)CCCCCCCCCCC. The number of phosphoric ester groups is 1. The van der Waals surface area contributed by atoms with Gasteiger partial charge in [-0.2, -0.15) is 0 Å². The van der Waals surface area contributed by atoms with Crippen molar-refractivity contribution in [2.75, 3.05) is 13.2 Å². The minimum atomic E-state index is -5.01. The molecule has 0 saturated heterocycles. The first-order valence-electron chi connectivity index (χ1n) is 19.6. The van der Waals surface area contributed by atoms with Gasteiger partial charge in [0.2, 0.25) is 0 Å². The second-order valence-corrected chi connectivity index (χ2v) is 15.3. The van der Waals surface area contributed by atoms with Gasteiger partial charge in [0, 0.05) is 6.42 Å². The van der Waals surface area contributed by atoms with E-state index in [1.54, 1.807) is 0 Å². The minimum absolute atomic E-state index is 0.156. The Balaban J connectivity index is 2.49. The zero-order chi connectivity index (χ0) is 37.0. The van der Waals surface area contributed by atoms with Crippen LogP contribution in [0.5, 0.6) is 0 Å². The number of unbranched alkanes of at least 4 members (excludes halogenated alkanes) is 20. The molecule has 0 aromatic rings. The molecule has 8 atom stereocenters. The summed E-state index contributed by atoms with van der Waals surface area (Å²) in [6, 6.07) is 0. The molecule has 1 aliphatic rings. The van der Waals surface area contributed by atoms with Gasteiger partial charge in [-0.15, -0.1) is 0 Å². The van der Waals surface area contributed by atoms with E-state index in [1.165, 1.54) is 103 Å². The molecule has 1 aliphatic carbocycles. The highest BCUT2D eigenvalue weighted by Crippen LogP contribution is 2.47. The fourth-order valence-corrected chi connectivity index (χ4v) is 7.00. The fourth-order valence-electron chi connectivity index (χ4n) is 6.03. The summed E-state index contributed by atoms with van der Waals surface area (Å²) in [6.45, 7) is 3.67. The average Bonchev–Trinajstić information content (AvgIpc) is 3.09. The van der Waals surface area contributed by atoms with Crippen LogP contribution in [-0.4, -0.2) is 92.3 Å². The number of rotatable bonds is 32. The van der Waals surface area contributed by atoms with E-state index in [2.05, 4.69) is 13.8 Å². The van der Waals surface area contributed by atoms with Crippen LogP contribution in [0.3, 0.4) is 0 Å². The zero-order valence-electron chi connectivity index (χ0n) is 31.0. The Hall–Kier alpha value is -1.08. The molecule has 1 fully saturated rings. The van der Waals surface area contributed by atoms with Crippen molar-refractivity contribution in [1.82, 2.24) is 0 Å². The van der Waals surface area contributed by atoms with E-state index < -0.39 is 63.1 Å². The number of allylic oxidation sites excluding steroid dienone is 1. The van der Waals surface area contributed by atoms with Gasteiger partial charge >= 0.3 is 13.8 Å². The van der Waals surface area contributed by atoms with E-state index >= 15 is 0 Å². The summed E-state index contributed by atoms with van der Waals surface area (Å²) < 4.78 is 33.7. The first-order chi connectivity index (χ1) is 24.0. The van der Waals surface area contributed by atoms with Gasteiger partial charge in [0.25, 0.3) is 0 Å². The maximum Gasteiger partial charge on any atom is 0.472 e. The Morgan fingerprint density at radius 1 is 0.620 bits per heavy atom. The molecule has 0 amide bonds. The highest BCUT2D eigenvalue weighted by Gasteiger charge is 2.51. The van der Waals surface area contributed by atoms with Crippen molar-refractivity contribution >= 4 is 13.8 Å². The second kappa shape index (κ2) is 29.4. The third kappa shape index (κ3) is 22.1. The lowest BCUT2D eigenvalue weighted by atomic mass is 9.85. The molecule has 0 aromatic carbocycles. The van der Waals surface area contributed by atoms with Crippen LogP contribution in [0.25, 0.3) is 0 Å². The van der Waals surface area contributed by atoms with Gasteiger partial charge in [-0.3, -0.25) is 13.8 Å². The van der Waals surface area contributed by atoms with E-state index in [0.29, 0.717) is 6.42 Å². The first kappa shape index (κ1) is 46.9. The summed E-state index contributed by atoms with van der Waals surface area (Å²) in [5.74, 6) is -0.502. The Bertz CT molecular complexity index is 890. The van der Waals surface area contributed by atoms with Gasteiger partial charge in [0.1, 0.15) is 43.2 Å². The minimum Gasteiger partial charge on any atom is -0.498 e. The molecule has 0 spiro atoms. The number of aliphatic hydroxyl groups is 5. The molecule has 1 saturated carbocycles. The lowest BCUT2D eigenvalue weighted by Crippen LogP contribution is -2.64. The topological polar surface area (TPSA) is 192 Å². The normalized spacial score (nSPS) is 24.3. The van der Waals surface area contributed by atoms with E-state index in [4.69, 9.17) is 18.5 Å². The molecule has 6 N–H and O–H groups in total. The van der Waals surface area contributed by atoms with Gasteiger partial charge in [-0.25, -0.2) is 4.57 Å². The first-order valence-corrected chi connectivity index (χ1v) is 21.1. The van der Waals surface area contributed by atoms with Crippen molar-refractivity contribution in [2.24, 2.45) is 0 Å². The maximum absolute atomic E-state index is 12.7. The second-order valence-electron chi connectivity index (χ2n) is 13.9. The zero-order valence-corrected chi connectivity index (χ0v) is 31.8. The lowest BCUT2D eigenvalue weighted by molar-refractivity contribution is -0.220. The van der Waals surface area contributed by atoms with Crippen LogP contribution >= 0.6 is 7.82 Å². The molecule has 0 radical (unpaired) electrons. The summed E-state index contributed by atoms with van der Waals surface area (Å²) in [5, 5.41) is 49.9. The molecule has 12 nitrogen and oxygen atoms in total. The van der Waals surface area contributed by atoms with Crippen molar-refractivity contribution in [3.8, 4) is 0 Å². The number of hydrogen-bond donors (Lipinski definition) is 6. The predicted octanol–water partition coefficient (Wildman–Crippen LogP) is 6.76. The Morgan fingerprint density at radius 2 is 1.04 bits per heavy atom. The third-order valence-corrected chi connectivity index (χ3v) is 10.2. The molecule has 0 heterocycles. The highest BCUT2D eigenvalue weighted by atomic mass is 31.2. The quantitative estimate of drug-likeness (QED) is 0.0184. The third-order valence-electron chi connectivity index (χ3n) is 9.23. The van der Waals surface area contributed by atoms with E-state index in [0.717, 1.165) is 38.5 Å². The summed E-state index contributed by atoms with van der Waals surface area (Å²) >= 11 is 0. The number of hydrogen-bond acceptors (Lipinski definition) is 11. The van der Waals surface area contributed by atoms with E-state index in [-0.39, 0.29) is 13.0 Å². The van der Waals surface area contributed by atoms with Crippen LogP contribution in [0.4, 0.5) is 0 Å². The monoisotopic (exact) mass is 738 g/mol. The smallest absolute Gasteiger partial charge is 0.472 e. The molecular formula is C37H71O12P. The van der Waals surface area contributed by atoms with Crippen LogP contribution in [0.1, 0.15) is 162 Å². The molecule has 296 valence electrons. The molecule has 0 bridgehead atoms. The Kier molecular flexibility index (Phi) is 27.6. The summed E-state index contributed by atoms with van der Waals surface area (Å²) in [7, 11) is -5.01. The lowest BCUT2D eigenvalue weighted by Gasteiger charge is -2.41. The van der Waals surface area contributed by atoms with Gasteiger partial charge in [-0.05, 0) is 25.3 Å². The Morgan fingerprint density at radius 3 is 1.52 bits per heavy atom. The average molecular weight is 739 g/mol. The predicted molar refractivity (Wildman–Crippen MR) is 193 cm³/mol. The van der Waals surface area contributed by atoms with Crippen LogP contribution < -0.4 is 0 Å². The number of carbonyl (C=O) groups excluding carboxylic acids is 1. The molecule has 50 heavy (non-hydrogen) atoms. The van der Waals surface area contributed by atoms with Crippen molar-refractivity contribution < 1.29 is 58.3 Å². The largest absolute Gasteiger partial charge is 0.498 e. The summed E-state index contributed by atoms with van der Waals surface area (Å²) in [5.41, 5.74) is 0. The van der Waals surface area contributed by atoms with Crippen molar-refractivity contribution in [3.63, 3.8) is 0 Å². The molecule has 6 unspecified atom stereocenters.